The number of nitrogens with one attached hydrogen (secondary N) is 2. The van der Waals surface area contributed by atoms with Crippen LogP contribution >= 0.6 is 0 Å². The molecule has 7 nitrogen and oxygen atoms in total. The number of carbonyl (C=O) groups is 3. The largest absolute Gasteiger partial charge is 0.481 e. The Hall–Kier alpha value is -1.63. The van der Waals surface area contributed by atoms with Crippen LogP contribution in [0, 0.1) is 0 Å². The number of primary amides is 1. The second kappa shape index (κ2) is 5.45. The predicted molar refractivity (Wildman–Crippen MR) is 54.4 cm³/mol. The topological polar surface area (TPSA) is 122 Å². The fourth-order valence-corrected chi connectivity index (χ4v) is 1.58. The normalized spacial score (nSPS) is 21.4. The quantitative estimate of drug-likeness (QED) is 0.442. The third kappa shape index (κ3) is 3.50. The van der Waals surface area contributed by atoms with E-state index in [2.05, 4.69) is 10.6 Å². The van der Waals surface area contributed by atoms with Crippen LogP contribution in [0.2, 0.25) is 0 Å². The maximum Gasteiger partial charge on any atom is 0.305 e. The molecule has 1 saturated heterocycles. The summed E-state index contributed by atoms with van der Waals surface area (Å²) in [5, 5.41) is 13.8. The molecule has 0 aromatic heterocycles. The van der Waals surface area contributed by atoms with E-state index in [4.69, 9.17) is 10.8 Å². The van der Waals surface area contributed by atoms with Crippen molar-refractivity contribution in [2.75, 3.05) is 6.54 Å². The molecule has 1 rings (SSSR count). The van der Waals surface area contributed by atoms with Gasteiger partial charge in [-0.25, -0.2) is 0 Å². The molecule has 5 N–H and O–H groups in total. The van der Waals surface area contributed by atoms with Crippen molar-refractivity contribution in [3.05, 3.63) is 0 Å². The Morgan fingerprint density at radius 1 is 1.50 bits per heavy atom. The van der Waals surface area contributed by atoms with Gasteiger partial charge in [-0.15, -0.1) is 0 Å². The van der Waals surface area contributed by atoms with E-state index in [0.29, 0.717) is 6.42 Å². The zero-order valence-corrected chi connectivity index (χ0v) is 8.73. The highest BCUT2D eigenvalue weighted by Crippen LogP contribution is 2.05. The Kier molecular flexibility index (Phi) is 4.24. The summed E-state index contributed by atoms with van der Waals surface area (Å²) in [6, 6.07) is -1.50. The van der Waals surface area contributed by atoms with Crippen molar-refractivity contribution in [1.82, 2.24) is 10.6 Å². The molecule has 0 unspecified atom stereocenters. The highest BCUT2D eigenvalue weighted by Gasteiger charge is 2.27. The molecule has 0 aromatic rings. The lowest BCUT2D eigenvalue weighted by molar-refractivity contribution is -0.140. The summed E-state index contributed by atoms with van der Waals surface area (Å²) in [5.74, 6) is -2.39. The second-order valence-electron chi connectivity index (χ2n) is 3.71. The van der Waals surface area contributed by atoms with Gasteiger partial charge in [-0.05, 0) is 19.4 Å². The maximum absolute atomic E-state index is 11.6. The van der Waals surface area contributed by atoms with Gasteiger partial charge in [0.2, 0.25) is 11.8 Å². The number of carbonyl (C=O) groups excluding carboxylic acids is 2. The van der Waals surface area contributed by atoms with Gasteiger partial charge in [-0.2, -0.15) is 0 Å². The van der Waals surface area contributed by atoms with E-state index >= 15 is 0 Å². The van der Waals surface area contributed by atoms with E-state index < -0.39 is 24.3 Å². The first-order valence-electron chi connectivity index (χ1n) is 5.05. The molecule has 1 aliphatic rings. The lowest BCUT2D eigenvalue weighted by atomic mass is 10.1. The van der Waals surface area contributed by atoms with Crippen molar-refractivity contribution < 1.29 is 19.5 Å². The Labute approximate surface area is 92.4 Å². The van der Waals surface area contributed by atoms with E-state index in [9.17, 15) is 14.4 Å². The van der Waals surface area contributed by atoms with Crippen molar-refractivity contribution in [3.8, 4) is 0 Å². The van der Waals surface area contributed by atoms with Gasteiger partial charge in [-0.1, -0.05) is 0 Å². The monoisotopic (exact) mass is 229 g/mol. The Balaban J connectivity index is 2.50. The van der Waals surface area contributed by atoms with Crippen molar-refractivity contribution in [2.24, 2.45) is 5.73 Å². The first kappa shape index (κ1) is 12.4. The molecular weight excluding hydrogens is 214 g/mol. The molecule has 0 radical (unpaired) electrons. The smallest absolute Gasteiger partial charge is 0.305 e. The molecule has 1 aliphatic heterocycles. The number of rotatable bonds is 5. The predicted octanol–water partition coefficient (Wildman–Crippen LogP) is -1.82. The first-order valence-corrected chi connectivity index (χ1v) is 5.05. The molecular formula is C9H15N3O4. The molecule has 0 spiro atoms. The van der Waals surface area contributed by atoms with Crippen LogP contribution in [0.25, 0.3) is 0 Å². The lowest BCUT2D eigenvalue weighted by Gasteiger charge is -2.16. The Morgan fingerprint density at radius 3 is 2.62 bits per heavy atom. The third-order valence-corrected chi connectivity index (χ3v) is 2.42. The number of hydrogen-bond donors (Lipinski definition) is 4. The zero-order chi connectivity index (χ0) is 12.1. The van der Waals surface area contributed by atoms with Crippen LogP contribution in [-0.2, 0) is 14.4 Å². The average Bonchev–Trinajstić information content (AvgIpc) is 2.68. The SMILES string of the molecule is NC(=O)[C@H](CC(=O)O)NC(=O)[C@H]1CCCN1. The Morgan fingerprint density at radius 2 is 2.19 bits per heavy atom. The van der Waals surface area contributed by atoms with Crippen LogP contribution < -0.4 is 16.4 Å². The van der Waals surface area contributed by atoms with Crippen LogP contribution in [-0.4, -0.2) is 41.5 Å². The fraction of sp³-hybridized carbons (Fsp3) is 0.667. The van der Waals surface area contributed by atoms with Gasteiger partial charge in [0, 0.05) is 0 Å². The van der Waals surface area contributed by atoms with Crippen molar-refractivity contribution in [3.63, 3.8) is 0 Å². The van der Waals surface area contributed by atoms with Gasteiger partial charge >= 0.3 is 5.97 Å². The van der Waals surface area contributed by atoms with Gasteiger partial charge in [0.25, 0.3) is 0 Å². The minimum atomic E-state index is -1.18. The number of carboxylic acids is 1. The summed E-state index contributed by atoms with van der Waals surface area (Å²) >= 11 is 0. The van der Waals surface area contributed by atoms with Gasteiger partial charge in [-0.3, -0.25) is 14.4 Å². The summed E-state index contributed by atoms with van der Waals surface area (Å²) in [6.07, 6.45) is 1.08. The van der Waals surface area contributed by atoms with E-state index in [1.165, 1.54) is 0 Å². The highest BCUT2D eigenvalue weighted by atomic mass is 16.4. The van der Waals surface area contributed by atoms with Crippen molar-refractivity contribution in [2.45, 2.75) is 31.3 Å². The Bertz CT molecular complexity index is 299. The van der Waals surface area contributed by atoms with E-state index in [-0.39, 0.29) is 11.9 Å². The minimum absolute atomic E-state index is 0.351. The highest BCUT2D eigenvalue weighted by molar-refractivity contribution is 5.91. The minimum Gasteiger partial charge on any atom is -0.481 e. The van der Waals surface area contributed by atoms with Crippen LogP contribution in [0.1, 0.15) is 19.3 Å². The fourth-order valence-electron chi connectivity index (χ4n) is 1.58. The van der Waals surface area contributed by atoms with Crippen LogP contribution in [0.15, 0.2) is 0 Å². The molecule has 1 heterocycles. The summed E-state index contributed by atoms with van der Waals surface area (Å²) in [6.45, 7) is 0.748. The van der Waals surface area contributed by atoms with E-state index in [1.807, 2.05) is 0 Å². The van der Waals surface area contributed by atoms with E-state index in [1.54, 1.807) is 0 Å². The molecule has 0 bridgehead atoms. The van der Waals surface area contributed by atoms with Gasteiger partial charge in [0.15, 0.2) is 0 Å². The molecule has 0 aliphatic carbocycles. The summed E-state index contributed by atoms with van der Waals surface area (Å²) in [4.78, 5) is 32.9. The zero-order valence-electron chi connectivity index (χ0n) is 8.73. The van der Waals surface area contributed by atoms with Gasteiger partial charge in [0.1, 0.15) is 6.04 Å². The van der Waals surface area contributed by atoms with E-state index in [0.717, 1.165) is 13.0 Å². The molecule has 1 fully saturated rings. The average molecular weight is 229 g/mol. The summed E-state index contributed by atoms with van der Waals surface area (Å²) in [5.41, 5.74) is 4.99. The number of amides is 2. The van der Waals surface area contributed by atoms with Crippen LogP contribution in [0.4, 0.5) is 0 Å². The molecule has 90 valence electrons. The first-order chi connectivity index (χ1) is 7.50. The standard InChI is InChI=1S/C9H15N3O4/c10-8(15)6(4-7(13)14)12-9(16)5-2-1-3-11-5/h5-6,11H,1-4H2,(H2,10,15)(H,12,16)(H,13,14)/t5-,6+/m1/s1. The van der Waals surface area contributed by atoms with Crippen LogP contribution in [0.3, 0.4) is 0 Å². The van der Waals surface area contributed by atoms with Crippen LogP contribution in [0.5, 0.6) is 0 Å². The summed E-state index contributed by atoms with van der Waals surface area (Å²) in [7, 11) is 0. The lowest BCUT2D eigenvalue weighted by Crippen LogP contribution is -2.50. The van der Waals surface area contributed by atoms with Gasteiger partial charge < -0.3 is 21.5 Å². The molecule has 2 atom stereocenters. The molecule has 16 heavy (non-hydrogen) atoms. The third-order valence-electron chi connectivity index (χ3n) is 2.42. The number of aliphatic carboxylic acids is 1. The maximum atomic E-state index is 11.6. The molecule has 0 saturated carbocycles. The second-order valence-corrected chi connectivity index (χ2v) is 3.71. The van der Waals surface area contributed by atoms with Gasteiger partial charge in [0.05, 0.1) is 12.5 Å². The number of nitrogens with two attached hydrogens (primary N) is 1. The molecule has 2 amide bonds. The van der Waals surface area contributed by atoms with Crippen molar-refractivity contribution in [1.29, 1.82) is 0 Å². The summed E-state index contributed by atoms with van der Waals surface area (Å²) < 4.78 is 0. The number of hydrogen-bond acceptors (Lipinski definition) is 4. The van der Waals surface area contributed by atoms with Crippen molar-refractivity contribution >= 4 is 17.8 Å². The number of carboxylic acid groups (broad SMARTS) is 1. The molecule has 0 aromatic carbocycles. The molecule has 7 heteroatoms.